The Kier molecular flexibility index (Phi) is 5.80. The summed E-state index contributed by atoms with van der Waals surface area (Å²) in [5, 5.41) is 9.41. The number of fused-ring (bicyclic) bond motifs is 1. The van der Waals surface area contributed by atoms with Crippen LogP contribution in [0.1, 0.15) is 0 Å². The molecule has 0 aliphatic rings. The van der Waals surface area contributed by atoms with Crippen molar-refractivity contribution in [3.8, 4) is 5.75 Å². The molecular weight excluding hydrogens is 427 g/mol. The molecule has 2 aromatic carbocycles. The van der Waals surface area contributed by atoms with Gasteiger partial charge in [0.1, 0.15) is 12.3 Å². The van der Waals surface area contributed by atoms with E-state index in [9.17, 15) is 26.4 Å². The maximum absolute atomic E-state index is 13.1. The SMILES string of the molecule is O=C(CN(c1cnc2ccccc2c1)S(=O)(=O)c1ccc(OC(F)(F)F)cc1)NO. The predicted octanol–water partition coefficient (Wildman–Crippen LogP) is 2.83. The smallest absolute Gasteiger partial charge is 0.406 e. The zero-order chi connectivity index (χ0) is 21.9. The zero-order valence-corrected chi connectivity index (χ0v) is 15.8. The Bertz CT molecular complexity index is 1170. The number of para-hydroxylation sites is 1. The molecule has 30 heavy (non-hydrogen) atoms. The van der Waals surface area contributed by atoms with Crippen molar-refractivity contribution in [2.24, 2.45) is 0 Å². The number of nitrogens with one attached hydrogen (secondary N) is 1. The van der Waals surface area contributed by atoms with Gasteiger partial charge in [0, 0.05) is 5.39 Å². The van der Waals surface area contributed by atoms with Gasteiger partial charge in [0.25, 0.3) is 15.9 Å². The van der Waals surface area contributed by atoms with Crippen molar-refractivity contribution < 1.29 is 36.3 Å². The second-order valence-electron chi connectivity index (χ2n) is 5.95. The molecule has 0 fully saturated rings. The number of pyridine rings is 1. The van der Waals surface area contributed by atoms with Crippen molar-refractivity contribution in [3.05, 3.63) is 60.8 Å². The van der Waals surface area contributed by atoms with Crippen LogP contribution in [0.15, 0.2) is 65.7 Å². The molecule has 0 aliphatic carbocycles. The molecule has 3 aromatic rings. The number of rotatable bonds is 6. The highest BCUT2D eigenvalue weighted by atomic mass is 32.2. The predicted molar refractivity (Wildman–Crippen MR) is 99.3 cm³/mol. The summed E-state index contributed by atoms with van der Waals surface area (Å²) in [6.07, 6.45) is -3.70. The number of benzene rings is 2. The quantitative estimate of drug-likeness (QED) is 0.450. The number of hydrogen-bond donors (Lipinski definition) is 2. The molecule has 0 saturated heterocycles. The van der Waals surface area contributed by atoms with E-state index in [1.54, 1.807) is 24.3 Å². The summed E-state index contributed by atoms with van der Waals surface area (Å²) in [5.41, 5.74) is 1.95. The van der Waals surface area contributed by atoms with Crippen molar-refractivity contribution >= 4 is 32.5 Å². The Morgan fingerprint density at radius 1 is 1.13 bits per heavy atom. The first-order valence-corrected chi connectivity index (χ1v) is 9.70. The Morgan fingerprint density at radius 2 is 1.80 bits per heavy atom. The molecule has 2 N–H and O–H groups in total. The molecule has 12 heteroatoms. The molecule has 0 bridgehead atoms. The van der Waals surface area contributed by atoms with Gasteiger partial charge < -0.3 is 4.74 Å². The van der Waals surface area contributed by atoms with Crippen molar-refractivity contribution in [2.45, 2.75) is 11.3 Å². The number of carbonyl (C=O) groups is 1. The molecule has 0 spiro atoms. The van der Waals surface area contributed by atoms with Crippen molar-refractivity contribution in [3.63, 3.8) is 0 Å². The maximum atomic E-state index is 13.1. The highest BCUT2D eigenvalue weighted by Gasteiger charge is 2.32. The van der Waals surface area contributed by atoms with Gasteiger partial charge in [-0.15, -0.1) is 13.2 Å². The molecule has 0 radical (unpaired) electrons. The fourth-order valence-corrected chi connectivity index (χ4v) is 4.02. The first-order chi connectivity index (χ1) is 14.1. The van der Waals surface area contributed by atoms with Gasteiger partial charge in [-0.2, -0.15) is 0 Å². The molecule has 1 amide bonds. The highest BCUT2D eigenvalue weighted by molar-refractivity contribution is 7.92. The van der Waals surface area contributed by atoms with E-state index in [0.717, 1.165) is 24.3 Å². The van der Waals surface area contributed by atoms with E-state index in [4.69, 9.17) is 5.21 Å². The van der Waals surface area contributed by atoms with E-state index in [2.05, 4.69) is 9.72 Å². The third-order valence-corrected chi connectivity index (χ3v) is 5.71. The van der Waals surface area contributed by atoms with Gasteiger partial charge in [0.15, 0.2) is 0 Å². The fraction of sp³-hybridized carbons (Fsp3) is 0.111. The summed E-state index contributed by atoms with van der Waals surface area (Å²) in [4.78, 5) is 15.5. The van der Waals surface area contributed by atoms with Gasteiger partial charge in [-0.3, -0.25) is 19.3 Å². The Morgan fingerprint density at radius 3 is 2.43 bits per heavy atom. The minimum Gasteiger partial charge on any atom is -0.406 e. The number of halogens is 3. The Hall–Kier alpha value is -3.38. The number of carbonyl (C=O) groups excluding carboxylic acids is 1. The van der Waals surface area contributed by atoms with Crippen LogP contribution < -0.4 is 14.5 Å². The van der Waals surface area contributed by atoms with E-state index in [1.807, 2.05) is 0 Å². The number of hydroxylamine groups is 1. The fourth-order valence-electron chi connectivity index (χ4n) is 2.62. The van der Waals surface area contributed by atoms with Crippen LogP contribution in [0.2, 0.25) is 0 Å². The number of anilines is 1. The van der Waals surface area contributed by atoms with Crippen LogP contribution in [0.3, 0.4) is 0 Å². The molecule has 0 aliphatic heterocycles. The molecule has 8 nitrogen and oxygen atoms in total. The Balaban J connectivity index is 2.02. The van der Waals surface area contributed by atoms with Gasteiger partial charge >= 0.3 is 6.36 Å². The summed E-state index contributed by atoms with van der Waals surface area (Å²) in [6.45, 7) is -0.792. The van der Waals surface area contributed by atoms with E-state index >= 15 is 0 Å². The van der Waals surface area contributed by atoms with E-state index in [-0.39, 0.29) is 5.69 Å². The van der Waals surface area contributed by atoms with Crippen molar-refractivity contribution in [2.75, 3.05) is 10.8 Å². The average Bonchev–Trinajstić information content (AvgIpc) is 2.70. The summed E-state index contributed by atoms with van der Waals surface area (Å²) >= 11 is 0. The first-order valence-electron chi connectivity index (χ1n) is 8.26. The summed E-state index contributed by atoms with van der Waals surface area (Å²) in [7, 11) is -4.40. The number of amides is 1. The summed E-state index contributed by atoms with van der Waals surface area (Å²) < 4.78 is 67.5. The molecule has 1 heterocycles. The van der Waals surface area contributed by atoms with Crippen molar-refractivity contribution in [1.29, 1.82) is 0 Å². The number of hydrogen-bond acceptors (Lipinski definition) is 6. The molecular formula is C18H14F3N3O5S. The largest absolute Gasteiger partial charge is 0.573 e. The average molecular weight is 441 g/mol. The molecule has 3 rings (SSSR count). The number of aromatic nitrogens is 1. The van der Waals surface area contributed by atoms with Gasteiger partial charge in [0.2, 0.25) is 0 Å². The normalized spacial score (nSPS) is 11.9. The molecule has 158 valence electrons. The van der Waals surface area contributed by atoms with E-state index in [1.165, 1.54) is 17.7 Å². The number of ether oxygens (including phenoxy) is 1. The minimum absolute atomic E-state index is 0.0212. The Labute approximate surface area is 168 Å². The lowest BCUT2D eigenvalue weighted by atomic mass is 10.2. The van der Waals surface area contributed by atoms with Crippen LogP contribution in [-0.4, -0.2) is 37.4 Å². The number of sulfonamides is 1. The molecule has 1 aromatic heterocycles. The monoisotopic (exact) mass is 441 g/mol. The second-order valence-corrected chi connectivity index (χ2v) is 7.81. The van der Waals surface area contributed by atoms with Crippen LogP contribution in [0.5, 0.6) is 5.75 Å². The zero-order valence-electron chi connectivity index (χ0n) is 15.0. The van der Waals surface area contributed by atoms with Gasteiger partial charge in [-0.25, -0.2) is 13.9 Å². The minimum atomic E-state index is -4.93. The molecule has 0 unspecified atom stereocenters. The topological polar surface area (TPSA) is 109 Å². The molecule has 0 atom stereocenters. The third-order valence-electron chi connectivity index (χ3n) is 3.92. The lowest BCUT2D eigenvalue weighted by Crippen LogP contribution is -2.40. The number of alkyl halides is 3. The molecule has 0 saturated carbocycles. The van der Waals surface area contributed by atoms with Gasteiger partial charge in [-0.1, -0.05) is 18.2 Å². The number of nitrogens with zero attached hydrogens (tertiary/aromatic N) is 2. The summed E-state index contributed by atoms with van der Waals surface area (Å²) in [5.74, 6) is -1.63. The summed E-state index contributed by atoms with van der Waals surface area (Å²) in [6, 6.07) is 11.8. The van der Waals surface area contributed by atoms with Gasteiger partial charge in [-0.05, 0) is 36.4 Å². The van der Waals surface area contributed by atoms with Crippen LogP contribution >= 0.6 is 0 Å². The van der Waals surface area contributed by atoms with Crippen LogP contribution in [0.4, 0.5) is 18.9 Å². The second kappa shape index (κ2) is 8.16. The van der Waals surface area contributed by atoms with Crippen LogP contribution in [0, 0.1) is 0 Å². The third kappa shape index (κ3) is 4.78. The van der Waals surface area contributed by atoms with E-state index in [0.29, 0.717) is 15.2 Å². The van der Waals surface area contributed by atoms with Crippen LogP contribution in [0.25, 0.3) is 10.9 Å². The van der Waals surface area contributed by atoms with Gasteiger partial charge in [0.05, 0.1) is 22.3 Å². The van der Waals surface area contributed by atoms with Crippen LogP contribution in [-0.2, 0) is 14.8 Å². The lowest BCUT2D eigenvalue weighted by molar-refractivity contribution is -0.274. The first kappa shape index (κ1) is 21.3. The highest BCUT2D eigenvalue weighted by Crippen LogP contribution is 2.28. The van der Waals surface area contributed by atoms with Crippen molar-refractivity contribution in [1.82, 2.24) is 10.5 Å². The maximum Gasteiger partial charge on any atom is 0.573 e. The standard InChI is InChI=1S/C18H14F3N3O5S/c19-18(20,21)29-14-5-7-15(8-6-14)30(27,28)24(11-17(25)23-26)13-9-12-3-1-2-4-16(12)22-10-13/h1-10,26H,11H2,(H,23,25). The lowest BCUT2D eigenvalue weighted by Gasteiger charge is -2.23. The van der Waals surface area contributed by atoms with E-state index < -0.39 is 39.5 Å².